The highest BCUT2D eigenvalue weighted by Gasteiger charge is 2.22. The molecule has 0 fully saturated rings. The van der Waals surface area contributed by atoms with Crippen molar-refractivity contribution in [2.24, 2.45) is 0 Å². The van der Waals surface area contributed by atoms with Crippen LogP contribution in [0.3, 0.4) is 0 Å². The molecule has 0 aliphatic heterocycles. The molecule has 1 aromatic heterocycles. The van der Waals surface area contributed by atoms with Gasteiger partial charge in [0.25, 0.3) is 10.0 Å². The topological polar surface area (TPSA) is 98.0 Å². The maximum absolute atomic E-state index is 11.7. The molecule has 0 spiro atoms. The molecular formula is C7H14N4O2S2. The standard InChI is InChI=1S/C7H14N4O2S2/c1-3-5(4-2)11-15(12,13)7-10-9-6(8)14-7/h5,11H,3-4H2,1-2H3,(H2,8,9). The molecule has 86 valence electrons. The van der Waals surface area contributed by atoms with Gasteiger partial charge in [0.15, 0.2) is 0 Å². The van der Waals surface area contributed by atoms with E-state index in [-0.39, 0.29) is 15.5 Å². The minimum atomic E-state index is -3.55. The van der Waals surface area contributed by atoms with Gasteiger partial charge in [-0.25, -0.2) is 13.1 Å². The van der Waals surface area contributed by atoms with E-state index in [1.165, 1.54) is 0 Å². The lowest BCUT2D eigenvalue weighted by Gasteiger charge is -2.12. The van der Waals surface area contributed by atoms with Crippen LogP contribution in [0, 0.1) is 0 Å². The van der Waals surface area contributed by atoms with Crippen molar-refractivity contribution >= 4 is 26.5 Å². The average Bonchev–Trinajstić information content (AvgIpc) is 2.62. The predicted octanol–water partition coefficient (Wildman–Crippen LogP) is 0.587. The summed E-state index contributed by atoms with van der Waals surface area (Å²) in [5.74, 6) is 0. The largest absolute Gasteiger partial charge is 0.374 e. The molecule has 1 aromatic rings. The van der Waals surface area contributed by atoms with Gasteiger partial charge in [-0.1, -0.05) is 25.2 Å². The van der Waals surface area contributed by atoms with E-state index in [9.17, 15) is 8.42 Å². The van der Waals surface area contributed by atoms with Crippen molar-refractivity contribution in [3.8, 4) is 0 Å². The number of nitrogens with one attached hydrogen (secondary N) is 1. The van der Waals surface area contributed by atoms with Gasteiger partial charge < -0.3 is 5.73 Å². The molecule has 6 nitrogen and oxygen atoms in total. The second-order valence-electron chi connectivity index (χ2n) is 3.04. The highest BCUT2D eigenvalue weighted by atomic mass is 32.2. The molecule has 0 aromatic carbocycles. The van der Waals surface area contributed by atoms with E-state index in [2.05, 4.69) is 14.9 Å². The van der Waals surface area contributed by atoms with Crippen molar-refractivity contribution in [3.05, 3.63) is 0 Å². The summed E-state index contributed by atoms with van der Waals surface area (Å²) >= 11 is 0.863. The Morgan fingerprint density at radius 2 is 2.00 bits per heavy atom. The average molecular weight is 250 g/mol. The molecule has 0 aliphatic carbocycles. The van der Waals surface area contributed by atoms with Gasteiger partial charge in [-0.3, -0.25) is 0 Å². The Bertz CT molecular complexity index is 410. The molecular weight excluding hydrogens is 236 g/mol. The normalized spacial score (nSPS) is 12.2. The zero-order chi connectivity index (χ0) is 11.5. The third-order valence-electron chi connectivity index (χ3n) is 1.96. The van der Waals surface area contributed by atoms with Crippen LogP contribution in [0.15, 0.2) is 4.34 Å². The third kappa shape index (κ3) is 3.11. The molecule has 0 atom stereocenters. The van der Waals surface area contributed by atoms with Crippen molar-refractivity contribution in [2.75, 3.05) is 5.73 Å². The smallest absolute Gasteiger partial charge is 0.270 e. The molecule has 0 unspecified atom stereocenters. The lowest BCUT2D eigenvalue weighted by molar-refractivity contribution is 0.529. The fourth-order valence-corrected chi connectivity index (χ4v) is 3.26. The molecule has 3 N–H and O–H groups in total. The Morgan fingerprint density at radius 3 is 2.40 bits per heavy atom. The molecule has 15 heavy (non-hydrogen) atoms. The lowest BCUT2D eigenvalue weighted by Crippen LogP contribution is -2.33. The first-order chi connectivity index (χ1) is 6.99. The van der Waals surface area contributed by atoms with Crippen LogP contribution in [0.5, 0.6) is 0 Å². The van der Waals surface area contributed by atoms with Crippen molar-refractivity contribution in [2.45, 2.75) is 37.1 Å². The maximum Gasteiger partial charge on any atom is 0.270 e. The van der Waals surface area contributed by atoms with Gasteiger partial charge in [0.2, 0.25) is 9.47 Å². The van der Waals surface area contributed by atoms with E-state index < -0.39 is 10.0 Å². The number of aromatic nitrogens is 2. The zero-order valence-corrected chi connectivity index (χ0v) is 10.2. The molecule has 8 heteroatoms. The number of hydrogen-bond acceptors (Lipinski definition) is 6. The zero-order valence-electron chi connectivity index (χ0n) is 8.60. The monoisotopic (exact) mass is 250 g/mol. The van der Waals surface area contributed by atoms with E-state index in [0.717, 1.165) is 24.2 Å². The number of nitrogens with two attached hydrogens (primary N) is 1. The molecule has 1 heterocycles. The molecule has 0 saturated heterocycles. The SMILES string of the molecule is CCC(CC)NS(=O)(=O)c1nnc(N)s1. The van der Waals surface area contributed by atoms with Gasteiger partial charge in [0, 0.05) is 6.04 Å². The first-order valence-electron chi connectivity index (χ1n) is 4.61. The van der Waals surface area contributed by atoms with Crippen LogP contribution >= 0.6 is 11.3 Å². The fraction of sp³-hybridized carbons (Fsp3) is 0.714. The Balaban J connectivity index is 2.84. The van der Waals surface area contributed by atoms with Crippen LogP contribution in [0.2, 0.25) is 0 Å². The number of rotatable bonds is 5. The molecule has 0 aliphatic rings. The summed E-state index contributed by atoms with van der Waals surface area (Å²) in [7, 11) is -3.55. The third-order valence-corrected chi connectivity index (χ3v) is 4.60. The minimum absolute atomic E-state index is 0.0693. The first kappa shape index (κ1) is 12.3. The highest BCUT2D eigenvalue weighted by Crippen LogP contribution is 2.17. The van der Waals surface area contributed by atoms with Crippen LogP contribution in [-0.4, -0.2) is 24.7 Å². The summed E-state index contributed by atoms with van der Waals surface area (Å²) in [5.41, 5.74) is 5.32. The fourth-order valence-electron chi connectivity index (χ4n) is 1.05. The molecule has 0 bridgehead atoms. The van der Waals surface area contributed by atoms with Crippen LogP contribution < -0.4 is 10.5 Å². The number of sulfonamides is 1. The van der Waals surface area contributed by atoms with Gasteiger partial charge in [-0.15, -0.1) is 10.2 Å². The van der Waals surface area contributed by atoms with Crippen molar-refractivity contribution in [3.63, 3.8) is 0 Å². The second-order valence-corrected chi connectivity index (χ2v) is 5.94. The van der Waals surface area contributed by atoms with E-state index in [4.69, 9.17) is 5.73 Å². The highest BCUT2D eigenvalue weighted by molar-refractivity contribution is 7.91. The van der Waals surface area contributed by atoms with Crippen molar-refractivity contribution in [1.29, 1.82) is 0 Å². The number of hydrogen-bond donors (Lipinski definition) is 2. The van der Waals surface area contributed by atoms with Crippen molar-refractivity contribution < 1.29 is 8.42 Å². The van der Waals surface area contributed by atoms with E-state index >= 15 is 0 Å². The Kier molecular flexibility index (Phi) is 4.00. The van der Waals surface area contributed by atoms with E-state index in [1.54, 1.807) is 0 Å². The summed E-state index contributed by atoms with van der Waals surface area (Å²) in [6.45, 7) is 3.84. The van der Waals surface area contributed by atoms with Crippen LogP contribution in [0.1, 0.15) is 26.7 Å². The minimum Gasteiger partial charge on any atom is -0.374 e. The second kappa shape index (κ2) is 4.86. The molecule has 0 amide bonds. The van der Waals surface area contributed by atoms with Gasteiger partial charge in [0.1, 0.15) is 0 Å². The van der Waals surface area contributed by atoms with E-state index in [1.807, 2.05) is 13.8 Å². The number of nitrogens with zero attached hydrogens (tertiary/aromatic N) is 2. The maximum atomic E-state index is 11.7. The first-order valence-corrected chi connectivity index (χ1v) is 6.90. The molecule has 1 rings (SSSR count). The summed E-state index contributed by atoms with van der Waals surface area (Å²) in [6, 6.07) is -0.0693. The van der Waals surface area contributed by atoms with Gasteiger partial charge in [-0.05, 0) is 12.8 Å². The van der Waals surface area contributed by atoms with Crippen LogP contribution in [-0.2, 0) is 10.0 Å². The summed E-state index contributed by atoms with van der Waals surface area (Å²) in [5, 5.41) is 7.12. The van der Waals surface area contributed by atoms with Crippen LogP contribution in [0.4, 0.5) is 5.13 Å². The van der Waals surface area contributed by atoms with Crippen LogP contribution in [0.25, 0.3) is 0 Å². The Hall–Kier alpha value is -0.730. The predicted molar refractivity (Wildman–Crippen MR) is 59.0 cm³/mol. The van der Waals surface area contributed by atoms with Gasteiger partial charge in [-0.2, -0.15) is 0 Å². The van der Waals surface area contributed by atoms with E-state index in [0.29, 0.717) is 0 Å². The quantitative estimate of drug-likeness (QED) is 0.797. The van der Waals surface area contributed by atoms with Gasteiger partial charge >= 0.3 is 0 Å². The lowest BCUT2D eigenvalue weighted by atomic mass is 10.2. The molecule has 0 saturated carbocycles. The Labute approximate surface area is 93.0 Å². The Morgan fingerprint density at radius 1 is 1.40 bits per heavy atom. The summed E-state index contributed by atoms with van der Waals surface area (Å²) in [4.78, 5) is 0. The van der Waals surface area contributed by atoms with Gasteiger partial charge in [0.05, 0.1) is 0 Å². The summed E-state index contributed by atoms with van der Waals surface area (Å²) in [6.07, 6.45) is 1.48. The number of anilines is 1. The summed E-state index contributed by atoms with van der Waals surface area (Å²) < 4.78 is 25.9. The molecule has 0 radical (unpaired) electrons. The number of nitrogen functional groups attached to an aromatic ring is 1. The van der Waals surface area contributed by atoms with Crippen molar-refractivity contribution in [1.82, 2.24) is 14.9 Å².